The second-order valence-corrected chi connectivity index (χ2v) is 4.30. The molecule has 0 amide bonds. The highest BCUT2D eigenvalue weighted by Crippen LogP contribution is 2.24. The molecule has 0 saturated heterocycles. The van der Waals surface area contributed by atoms with E-state index in [0.29, 0.717) is 0 Å². The summed E-state index contributed by atoms with van der Waals surface area (Å²) < 4.78 is 0. The van der Waals surface area contributed by atoms with Crippen LogP contribution in [-0.2, 0) is 0 Å². The minimum atomic E-state index is 0.908. The van der Waals surface area contributed by atoms with Gasteiger partial charge in [0.15, 0.2) is 0 Å². The van der Waals surface area contributed by atoms with Crippen molar-refractivity contribution in [2.45, 2.75) is 6.92 Å². The number of likely N-dealkylation sites (N-methyl/N-ethyl adjacent to an activating group) is 1. The fraction of sp³-hybridized carbons (Fsp3) is 0.308. The number of benzene rings is 1. The Bertz CT molecular complexity index is 566. The molecule has 0 radical (unpaired) electrons. The van der Waals surface area contributed by atoms with Crippen LogP contribution in [0.15, 0.2) is 29.3 Å². The van der Waals surface area contributed by atoms with Gasteiger partial charge < -0.3 is 9.88 Å². The number of nitrogens with one attached hydrogen (secondary N) is 1. The first-order valence-corrected chi connectivity index (χ1v) is 5.60. The number of H-pyrrole nitrogens is 1. The van der Waals surface area contributed by atoms with E-state index in [1.807, 2.05) is 0 Å². The summed E-state index contributed by atoms with van der Waals surface area (Å²) in [5.41, 5.74) is 3.65. The number of rotatable bonds is 1. The van der Waals surface area contributed by atoms with E-state index in [9.17, 15) is 0 Å². The number of amidine groups is 1. The summed E-state index contributed by atoms with van der Waals surface area (Å²) in [7, 11) is 2.10. The molecule has 0 bridgehead atoms. The molecule has 0 fully saturated rings. The maximum Gasteiger partial charge on any atom is 0.133 e. The lowest BCUT2D eigenvalue weighted by Gasteiger charge is -2.13. The molecule has 1 N–H and O–H groups in total. The van der Waals surface area contributed by atoms with E-state index in [2.05, 4.69) is 53.1 Å². The van der Waals surface area contributed by atoms with Gasteiger partial charge in [-0.1, -0.05) is 18.2 Å². The predicted octanol–water partition coefficient (Wildman–Crippen LogP) is 2.17. The number of aliphatic imine (C=N–C) groups is 1. The molecular formula is C13H15N3. The van der Waals surface area contributed by atoms with Gasteiger partial charge in [-0.3, -0.25) is 4.99 Å². The molecule has 2 aromatic rings. The quantitative estimate of drug-likeness (QED) is 0.773. The lowest BCUT2D eigenvalue weighted by Crippen LogP contribution is -2.23. The minimum Gasteiger partial charge on any atom is -0.358 e. The number of aromatic amines is 1. The number of aromatic nitrogens is 1. The first-order chi connectivity index (χ1) is 7.77. The summed E-state index contributed by atoms with van der Waals surface area (Å²) in [6.07, 6.45) is 0. The van der Waals surface area contributed by atoms with Crippen LogP contribution in [-0.4, -0.2) is 35.9 Å². The number of aryl methyl sites for hydroxylation is 1. The third-order valence-electron chi connectivity index (χ3n) is 3.18. The number of hydrogen-bond acceptors (Lipinski definition) is 2. The Balaban J connectivity index is 2.26. The molecule has 2 heterocycles. The molecular weight excluding hydrogens is 198 g/mol. The van der Waals surface area contributed by atoms with Crippen molar-refractivity contribution >= 4 is 16.7 Å². The van der Waals surface area contributed by atoms with Gasteiger partial charge in [0.2, 0.25) is 0 Å². The minimum absolute atomic E-state index is 0.908. The zero-order valence-corrected chi connectivity index (χ0v) is 9.62. The number of hydrogen-bond donors (Lipinski definition) is 1. The van der Waals surface area contributed by atoms with Crippen LogP contribution < -0.4 is 0 Å². The van der Waals surface area contributed by atoms with Crippen LogP contribution in [0.25, 0.3) is 10.9 Å². The van der Waals surface area contributed by atoms with E-state index < -0.39 is 0 Å². The van der Waals surface area contributed by atoms with Gasteiger partial charge in [0.25, 0.3) is 0 Å². The van der Waals surface area contributed by atoms with Gasteiger partial charge >= 0.3 is 0 Å². The smallest absolute Gasteiger partial charge is 0.133 e. The summed E-state index contributed by atoms with van der Waals surface area (Å²) in [5.74, 6) is 1.12. The van der Waals surface area contributed by atoms with Crippen molar-refractivity contribution in [1.29, 1.82) is 0 Å². The molecule has 82 valence electrons. The summed E-state index contributed by atoms with van der Waals surface area (Å²) in [6.45, 7) is 4.04. The highest BCUT2D eigenvalue weighted by atomic mass is 15.2. The molecule has 1 aromatic carbocycles. The first kappa shape index (κ1) is 9.46. The molecule has 1 aliphatic rings. The molecule has 16 heavy (non-hydrogen) atoms. The molecule has 1 aromatic heterocycles. The third-order valence-corrected chi connectivity index (χ3v) is 3.18. The molecule has 0 spiro atoms. The molecule has 0 saturated carbocycles. The fourth-order valence-electron chi connectivity index (χ4n) is 2.37. The normalized spacial score (nSPS) is 15.9. The summed E-state index contributed by atoms with van der Waals surface area (Å²) in [5, 5.41) is 1.27. The van der Waals surface area contributed by atoms with Gasteiger partial charge in [0.05, 0.1) is 6.54 Å². The second kappa shape index (κ2) is 3.37. The van der Waals surface area contributed by atoms with Gasteiger partial charge in [-0.15, -0.1) is 0 Å². The fourth-order valence-corrected chi connectivity index (χ4v) is 2.37. The maximum absolute atomic E-state index is 4.59. The van der Waals surface area contributed by atoms with Crippen molar-refractivity contribution in [3.05, 3.63) is 35.5 Å². The zero-order chi connectivity index (χ0) is 11.1. The predicted molar refractivity (Wildman–Crippen MR) is 67.1 cm³/mol. The highest BCUT2D eigenvalue weighted by molar-refractivity contribution is 6.11. The Kier molecular flexibility index (Phi) is 1.99. The van der Waals surface area contributed by atoms with Crippen LogP contribution in [0.4, 0.5) is 0 Å². The number of fused-ring (bicyclic) bond motifs is 1. The van der Waals surface area contributed by atoms with Crippen LogP contribution in [0, 0.1) is 6.92 Å². The summed E-state index contributed by atoms with van der Waals surface area (Å²) in [4.78, 5) is 10.2. The zero-order valence-electron chi connectivity index (χ0n) is 9.62. The molecule has 0 atom stereocenters. The average Bonchev–Trinajstić information content (AvgIpc) is 2.81. The molecule has 3 rings (SSSR count). The van der Waals surface area contributed by atoms with E-state index in [1.165, 1.54) is 22.2 Å². The summed E-state index contributed by atoms with van der Waals surface area (Å²) in [6, 6.07) is 8.40. The Morgan fingerprint density at radius 2 is 2.12 bits per heavy atom. The Morgan fingerprint density at radius 1 is 1.31 bits per heavy atom. The number of nitrogens with zero attached hydrogens (tertiary/aromatic N) is 2. The average molecular weight is 213 g/mol. The van der Waals surface area contributed by atoms with Crippen molar-refractivity contribution in [2.75, 3.05) is 20.1 Å². The highest BCUT2D eigenvalue weighted by Gasteiger charge is 2.20. The lowest BCUT2D eigenvalue weighted by molar-refractivity contribution is 0.557. The SMILES string of the molecule is Cc1[nH]c2ccccc2c1C1=NCCN1C. The van der Waals surface area contributed by atoms with Crippen molar-refractivity contribution in [1.82, 2.24) is 9.88 Å². The summed E-state index contributed by atoms with van der Waals surface area (Å²) >= 11 is 0. The third kappa shape index (κ3) is 1.24. The van der Waals surface area contributed by atoms with E-state index in [0.717, 1.165) is 18.9 Å². The van der Waals surface area contributed by atoms with Gasteiger partial charge in [0, 0.05) is 35.8 Å². The van der Waals surface area contributed by atoms with Crippen LogP contribution in [0.1, 0.15) is 11.3 Å². The van der Waals surface area contributed by atoms with Crippen molar-refractivity contribution < 1.29 is 0 Å². The Hall–Kier alpha value is -1.77. The largest absolute Gasteiger partial charge is 0.358 e. The van der Waals surface area contributed by atoms with Gasteiger partial charge in [-0.25, -0.2) is 0 Å². The lowest BCUT2D eigenvalue weighted by atomic mass is 10.1. The Labute approximate surface area is 94.8 Å². The van der Waals surface area contributed by atoms with Crippen molar-refractivity contribution in [3.63, 3.8) is 0 Å². The van der Waals surface area contributed by atoms with Crippen LogP contribution in [0.5, 0.6) is 0 Å². The van der Waals surface area contributed by atoms with Crippen LogP contribution in [0.2, 0.25) is 0 Å². The van der Waals surface area contributed by atoms with E-state index in [1.54, 1.807) is 0 Å². The molecule has 0 unspecified atom stereocenters. The van der Waals surface area contributed by atoms with Gasteiger partial charge in [-0.05, 0) is 13.0 Å². The maximum atomic E-state index is 4.59. The van der Waals surface area contributed by atoms with Crippen LogP contribution >= 0.6 is 0 Å². The van der Waals surface area contributed by atoms with Crippen molar-refractivity contribution in [3.8, 4) is 0 Å². The monoisotopic (exact) mass is 213 g/mol. The molecule has 3 heteroatoms. The van der Waals surface area contributed by atoms with Crippen molar-refractivity contribution in [2.24, 2.45) is 4.99 Å². The molecule has 3 nitrogen and oxygen atoms in total. The first-order valence-electron chi connectivity index (χ1n) is 5.60. The molecule has 1 aliphatic heterocycles. The van der Waals surface area contributed by atoms with E-state index in [4.69, 9.17) is 0 Å². The Morgan fingerprint density at radius 3 is 2.88 bits per heavy atom. The number of para-hydroxylation sites is 1. The second-order valence-electron chi connectivity index (χ2n) is 4.30. The van der Waals surface area contributed by atoms with E-state index >= 15 is 0 Å². The molecule has 0 aliphatic carbocycles. The standard InChI is InChI=1S/C13H15N3/c1-9-12(13-14-7-8-16(13)2)10-5-3-4-6-11(10)15-9/h3-6,15H,7-8H2,1-2H3. The van der Waals surface area contributed by atoms with E-state index in [-0.39, 0.29) is 0 Å². The van der Waals surface area contributed by atoms with Crippen LogP contribution in [0.3, 0.4) is 0 Å². The topological polar surface area (TPSA) is 31.4 Å². The van der Waals surface area contributed by atoms with Gasteiger partial charge in [0.1, 0.15) is 5.84 Å². The van der Waals surface area contributed by atoms with Gasteiger partial charge in [-0.2, -0.15) is 0 Å².